The number of hydrogen-bond donors (Lipinski definition) is 0. The van der Waals surface area contributed by atoms with E-state index in [2.05, 4.69) is 10.2 Å². The van der Waals surface area contributed by atoms with E-state index < -0.39 is 0 Å². The van der Waals surface area contributed by atoms with E-state index in [0.717, 1.165) is 5.39 Å². The summed E-state index contributed by atoms with van der Waals surface area (Å²) in [5, 5.41) is 10.1. The molecule has 0 amide bonds. The Balaban J connectivity index is 2.95. The molecule has 0 fully saturated rings. The monoisotopic (exact) mass is 358 g/mol. The van der Waals surface area contributed by atoms with Crippen LogP contribution in [0.4, 0.5) is 0 Å². The van der Waals surface area contributed by atoms with Gasteiger partial charge in [-0.1, -0.05) is 34.8 Å². The first-order chi connectivity index (χ1) is 6.59. The van der Waals surface area contributed by atoms with E-state index in [4.69, 9.17) is 34.8 Å². The van der Waals surface area contributed by atoms with Crippen molar-refractivity contribution in [3.8, 4) is 0 Å². The lowest BCUT2D eigenvalue weighted by molar-refractivity contribution is 1.04. The van der Waals surface area contributed by atoms with Crippen LogP contribution in [0.25, 0.3) is 10.9 Å². The van der Waals surface area contributed by atoms with Crippen molar-refractivity contribution in [3.05, 3.63) is 30.9 Å². The molecule has 1 heterocycles. The van der Waals surface area contributed by atoms with E-state index in [-0.39, 0.29) is 0 Å². The Kier molecular flexibility index (Phi) is 3.02. The second-order valence-corrected chi connectivity index (χ2v) is 4.83. The van der Waals surface area contributed by atoms with Crippen molar-refractivity contribution in [1.29, 1.82) is 0 Å². The highest BCUT2D eigenvalue weighted by Crippen LogP contribution is 2.32. The maximum absolute atomic E-state index is 6.04. The van der Waals surface area contributed by atoms with E-state index in [9.17, 15) is 0 Å². The number of hydrogen-bond acceptors (Lipinski definition) is 2. The van der Waals surface area contributed by atoms with Gasteiger partial charge in [0, 0.05) is 10.4 Å². The zero-order valence-corrected chi connectivity index (χ0v) is 11.0. The lowest BCUT2D eigenvalue weighted by atomic mass is 10.2. The Hall–Kier alpha value is 0.160. The summed E-state index contributed by atoms with van der Waals surface area (Å²) < 4.78 is 0.634. The molecule has 0 N–H and O–H groups in total. The molecule has 0 aliphatic carbocycles. The Morgan fingerprint density at radius 1 is 1.07 bits per heavy atom. The summed E-state index contributed by atoms with van der Waals surface area (Å²) in [6, 6.07) is 3.34. The molecule has 2 aromatic rings. The van der Waals surface area contributed by atoms with Gasteiger partial charge in [-0.05, 0) is 34.7 Å². The number of nitrogens with zero attached hydrogens (tertiary/aromatic N) is 2. The summed E-state index contributed by atoms with van der Waals surface area (Å²) in [5.74, 6) is 0. The SMILES string of the molecule is Clc1cc(Cl)c2nnc(I)c(Cl)c2c1. The molecule has 2 rings (SSSR count). The highest BCUT2D eigenvalue weighted by molar-refractivity contribution is 14.1. The standard InChI is InChI=1S/C8H2Cl3IN2/c9-3-1-4-6(11)8(12)14-13-7(4)5(10)2-3/h1-2H. The van der Waals surface area contributed by atoms with E-state index in [1.54, 1.807) is 12.1 Å². The van der Waals surface area contributed by atoms with Crippen LogP contribution in [0.2, 0.25) is 15.1 Å². The molecule has 0 aliphatic rings. The molecule has 0 unspecified atom stereocenters. The van der Waals surface area contributed by atoms with Gasteiger partial charge in [-0.3, -0.25) is 0 Å². The molecule has 14 heavy (non-hydrogen) atoms. The Labute approximate surface area is 109 Å². The highest BCUT2D eigenvalue weighted by Gasteiger charge is 2.09. The van der Waals surface area contributed by atoms with Gasteiger partial charge in [-0.15, -0.1) is 10.2 Å². The zero-order valence-electron chi connectivity index (χ0n) is 6.56. The number of benzene rings is 1. The fraction of sp³-hybridized carbons (Fsp3) is 0. The van der Waals surface area contributed by atoms with Gasteiger partial charge in [0.2, 0.25) is 0 Å². The van der Waals surface area contributed by atoms with Gasteiger partial charge in [0.25, 0.3) is 0 Å². The topological polar surface area (TPSA) is 25.8 Å². The highest BCUT2D eigenvalue weighted by atomic mass is 127. The van der Waals surface area contributed by atoms with Gasteiger partial charge in [0.1, 0.15) is 9.22 Å². The van der Waals surface area contributed by atoms with Crippen LogP contribution in [0.3, 0.4) is 0 Å². The number of rotatable bonds is 0. The van der Waals surface area contributed by atoms with Crippen LogP contribution < -0.4 is 0 Å². The minimum atomic E-state index is 0.457. The lowest BCUT2D eigenvalue weighted by Gasteiger charge is -2.02. The summed E-state index contributed by atoms with van der Waals surface area (Å²) in [6.45, 7) is 0. The first kappa shape index (κ1) is 10.7. The first-order valence-electron chi connectivity index (χ1n) is 3.56. The number of fused-ring (bicyclic) bond motifs is 1. The zero-order chi connectivity index (χ0) is 10.3. The van der Waals surface area contributed by atoms with Gasteiger partial charge < -0.3 is 0 Å². The Morgan fingerprint density at radius 2 is 1.79 bits per heavy atom. The molecule has 6 heteroatoms. The van der Waals surface area contributed by atoms with Crippen LogP contribution in [-0.2, 0) is 0 Å². The van der Waals surface area contributed by atoms with Crippen LogP contribution >= 0.6 is 57.4 Å². The molecule has 0 atom stereocenters. The van der Waals surface area contributed by atoms with E-state index in [0.29, 0.717) is 24.3 Å². The van der Waals surface area contributed by atoms with Crippen molar-refractivity contribution in [2.75, 3.05) is 0 Å². The van der Waals surface area contributed by atoms with Crippen LogP contribution in [0.1, 0.15) is 0 Å². The second kappa shape index (κ2) is 3.96. The summed E-state index contributed by atoms with van der Waals surface area (Å²) in [4.78, 5) is 0. The van der Waals surface area contributed by atoms with Crippen LogP contribution in [0, 0.1) is 3.70 Å². The first-order valence-corrected chi connectivity index (χ1v) is 5.77. The summed E-state index contributed by atoms with van der Waals surface area (Å²) in [6.07, 6.45) is 0. The van der Waals surface area contributed by atoms with Crippen LogP contribution in [0.15, 0.2) is 12.1 Å². The molecule has 1 aromatic heterocycles. The fourth-order valence-corrected chi connectivity index (χ4v) is 2.20. The van der Waals surface area contributed by atoms with Crippen molar-refractivity contribution < 1.29 is 0 Å². The van der Waals surface area contributed by atoms with Crippen molar-refractivity contribution in [1.82, 2.24) is 10.2 Å². The smallest absolute Gasteiger partial charge is 0.143 e. The summed E-state index contributed by atoms with van der Waals surface area (Å²) >= 11 is 19.8. The molecule has 72 valence electrons. The Bertz CT molecular complexity index is 515. The van der Waals surface area contributed by atoms with Gasteiger partial charge in [0.15, 0.2) is 0 Å². The van der Waals surface area contributed by atoms with Crippen LogP contribution in [0.5, 0.6) is 0 Å². The molecule has 0 aliphatic heterocycles. The molecule has 0 spiro atoms. The molecule has 0 saturated heterocycles. The largest absolute Gasteiger partial charge is 0.148 e. The van der Waals surface area contributed by atoms with Gasteiger partial charge in [-0.2, -0.15) is 0 Å². The average molecular weight is 359 g/mol. The molecule has 0 radical (unpaired) electrons. The van der Waals surface area contributed by atoms with Gasteiger partial charge in [-0.25, -0.2) is 0 Å². The fourth-order valence-electron chi connectivity index (χ4n) is 1.08. The van der Waals surface area contributed by atoms with Crippen molar-refractivity contribution >= 4 is 68.3 Å². The van der Waals surface area contributed by atoms with Crippen molar-refractivity contribution in [3.63, 3.8) is 0 Å². The normalized spacial score (nSPS) is 10.9. The van der Waals surface area contributed by atoms with Gasteiger partial charge >= 0.3 is 0 Å². The van der Waals surface area contributed by atoms with E-state index in [1.165, 1.54) is 0 Å². The van der Waals surface area contributed by atoms with Crippen molar-refractivity contribution in [2.45, 2.75) is 0 Å². The maximum atomic E-state index is 6.04. The maximum Gasteiger partial charge on any atom is 0.143 e. The Morgan fingerprint density at radius 3 is 2.50 bits per heavy atom. The predicted molar refractivity (Wildman–Crippen MR) is 67.3 cm³/mol. The molecular formula is C8H2Cl3IN2. The van der Waals surface area contributed by atoms with Crippen LogP contribution in [-0.4, -0.2) is 10.2 Å². The molecule has 0 bridgehead atoms. The number of aromatic nitrogens is 2. The third-order valence-corrected chi connectivity index (χ3v) is 3.65. The predicted octanol–water partition coefficient (Wildman–Crippen LogP) is 4.19. The molecule has 2 nitrogen and oxygen atoms in total. The third-order valence-electron chi connectivity index (χ3n) is 1.68. The second-order valence-electron chi connectivity index (χ2n) is 2.59. The minimum absolute atomic E-state index is 0.457. The molecular weight excluding hydrogens is 357 g/mol. The van der Waals surface area contributed by atoms with Gasteiger partial charge in [0.05, 0.1) is 10.0 Å². The van der Waals surface area contributed by atoms with Crippen molar-refractivity contribution in [2.24, 2.45) is 0 Å². The molecule has 1 aromatic carbocycles. The summed E-state index contributed by atoms with van der Waals surface area (Å²) in [5.41, 5.74) is 0.571. The van der Waals surface area contributed by atoms with E-state index in [1.807, 2.05) is 22.6 Å². The average Bonchev–Trinajstić information content (AvgIpc) is 2.12. The number of halogens is 4. The minimum Gasteiger partial charge on any atom is -0.148 e. The van der Waals surface area contributed by atoms with E-state index >= 15 is 0 Å². The molecule has 0 saturated carbocycles. The lowest BCUT2D eigenvalue weighted by Crippen LogP contribution is -1.90. The third kappa shape index (κ3) is 1.78. The quantitative estimate of drug-likeness (QED) is 0.659. The summed E-state index contributed by atoms with van der Waals surface area (Å²) in [7, 11) is 0.